The van der Waals surface area contributed by atoms with Gasteiger partial charge in [-0.15, -0.1) is 0 Å². The van der Waals surface area contributed by atoms with E-state index >= 15 is 0 Å². The van der Waals surface area contributed by atoms with Crippen LogP contribution in [0.5, 0.6) is 5.75 Å². The second-order valence-corrected chi connectivity index (χ2v) is 4.85. The van der Waals surface area contributed by atoms with Crippen molar-refractivity contribution in [3.8, 4) is 5.75 Å². The molecule has 1 aromatic heterocycles. The van der Waals surface area contributed by atoms with Crippen molar-refractivity contribution in [3.05, 3.63) is 47.4 Å². The lowest BCUT2D eigenvalue weighted by Gasteiger charge is -2.17. The highest BCUT2D eigenvalue weighted by atomic mass is 35.5. The summed E-state index contributed by atoms with van der Waals surface area (Å²) in [6, 6.07) is 7.80. The molecule has 0 aliphatic heterocycles. The molecule has 2 amide bonds. The number of para-hydroxylation sites is 1. The van der Waals surface area contributed by atoms with Crippen LogP contribution in [0.3, 0.4) is 0 Å². The number of rotatable bonds is 6. The number of carbonyl (C=O) groups is 1. The first kappa shape index (κ1) is 16.2. The van der Waals surface area contributed by atoms with Crippen LogP contribution in [0.15, 0.2) is 41.0 Å². The Labute approximate surface area is 133 Å². The fourth-order valence-corrected chi connectivity index (χ4v) is 2.23. The van der Waals surface area contributed by atoms with Crippen LogP contribution in [0.1, 0.15) is 11.8 Å². The predicted molar refractivity (Wildman–Crippen MR) is 83.5 cm³/mol. The van der Waals surface area contributed by atoms with Gasteiger partial charge in [-0.1, -0.05) is 17.7 Å². The summed E-state index contributed by atoms with van der Waals surface area (Å²) < 4.78 is 15.6. The smallest absolute Gasteiger partial charge is 0.320 e. The number of benzene rings is 1. The molecule has 0 aliphatic carbocycles. The Hall–Kier alpha value is -2.18. The zero-order valence-electron chi connectivity index (χ0n) is 12.3. The molecule has 1 aromatic carbocycles. The monoisotopic (exact) mass is 324 g/mol. The van der Waals surface area contributed by atoms with Crippen molar-refractivity contribution < 1.29 is 18.7 Å². The van der Waals surface area contributed by atoms with Crippen molar-refractivity contribution in [2.24, 2.45) is 0 Å². The molecule has 118 valence electrons. The fourth-order valence-electron chi connectivity index (χ4n) is 1.98. The Morgan fingerprint density at radius 3 is 2.77 bits per heavy atom. The van der Waals surface area contributed by atoms with Crippen molar-refractivity contribution in [2.45, 2.75) is 6.04 Å². The number of methoxy groups -OCH3 is 2. The second-order valence-electron chi connectivity index (χ2n) is 4.44. The Morgan fingerprint density at radius 1 is 1.32 bits per heavy atom. The largest absolute Gasteiger partial charge is 0.493 e. The quantitative estimate of drug-likeness (QED) is 0.853. The summed E-state index contributed by atoms with van der Waals surface area (Å²) in [7, 11) is 3.04. The van der Waals surface area contributed by atoms with E-state index < -0.39 is 12.1 Å². The van der Waals surface area contributed by atoms with E-state index in [1.807, 2.05) is 0 Å². The van der Waals surface area contributed by atoms with Crippen LogP contribution in [0.2, 0.25) is 5.02 Å². The molecule has 0 spiro atoms. The number of hydrogen-bond donors (Lipinski definition) is 2. The van der Waals surface area contributed by atoms with Gasteiger partial charge in [0.1, 0.15) is 11.8 Å². The van der Waals surface area contributed by atoms with Gasteiger partial charge in [0.25, 0.3) is 0 Å². The molecular weight excluding hydrogens is 308 g/mol. The third kappa shape index (κ3) is 3.93. The minimum absolute atomic E-state index is 0.285. The van der Waals surface area contributed by atoms with Gasteiger partial charge in [-0.2, -0.15) is 0 Å². The molecule has 0 bridgehead atoms. The Kier molecular flexibility index (Phi) is 5.68. The van der Waals surface area contributed by atoms with Gasteiger partial charge < -0.3 is 24.5 Å². The summed E-state index contributed by atoms with van der Waals surface area (Å²) in [4.78, 5) is 12.2. The predicted octanol–water partition coefficient (Wildman–Crippen LogP) is 3.45. The number of carbonyl (C=O) groups excluding carboxylic acids is 1. The van der Waals surface area contributed by atoms with Gasteiger partial charge >= 0.3 is 6.03 Å². The first-order chi connectivity index (χ1) is 10.7. The van der Waals surface area contributed by atoms with Gasteiger partial charge in [0.2, 0.25) is 0 Å². The molecule has 0 radical (unpaired) electrons. The van der Waals surface area contributed by atoms with Gasteiger partial charge in [0.15, 0.2) is 5.75 Å². The number of anilines is 1. The van der Waals surface area contributed by atoms with Crippen molar-refractivity contribution >= 4 is 23.3 Å². The molecule has 0 aliphatic rings. The maximum Gasteiger partial charge on any atom is 0.320 e. The normalized spacial score (nSPS) is 11.8. The topological polar surface area (TPSA) is 72.7 Å². The zero-order valence-corrected chi connectivity index (χ0v) is 13.0. The molecule has 0 unspecified atom stereocenters. The summed E-state index contributed by atoms with van der Waals surface area (Å²) in [5.41, 5.74) is 0.475. The lowest BCUT2D eigenvalue weighted by Crippen LogP contribution is -2.34. The fraction of sp³-hybridized carbons (Fsp3) is 0.267. The maximum atomic E-state index is 12.2. The Balaban J connectivity index is 2.07. The van der Waals surface area contributed by atoms with Crippen molar-refractivity contribution in [3.63, 3.8) is 0 Å². The number of hydrogen-bond acceptors (Lipinski definition) is 4. The van der Waals surface area contributed by atoms with Crippen LogP contribution in [-0.4, -0.2) is 26.9 Å². The van der Waals surface area contributed by atoms with E-state index in [1.54, 1.807) is 37.4 Å². The van der Waals surface area contributed by atoms with E-state index in [2.05, 4.69) is 10.6 Å². The standard InChI is InChI=1S/C15H17ClN2O4/c1-20-9-12(13-7-4-8-22-13)18-15(19)17-11-6-3-5-10(16)14(11)21-2/h3-8,12H,9H2,1-2H3,(H2,17,18,19)/t12-/m0/s1. The molecule has 22 heavy (non-hydrogen) atoms. The van der Waals surface area contributed by atoms with E-state index in [0.717, 1.165) is 0 Å². The van der Waals surface area contributed by atoms with Gasteiger partial charge in [0.05, 0.1) is 30.7 Å². The number of ether oxygens (including phenoxy) is 2. The van der Waals surface area contributed by atoms with Crippen LogP contribution >= 0.6 is 11.6 Å². The molecule has 1 heterocycles. The van der Waals surface area contributed by atoms with E-state index in [0.29, 0.717) is 22.2 Å². The lowest BCUT2D eigenvalue weighted by molar-refractivity contribution is 0.159. The van der Waals surface area contributed by atoms with Crippen LogP contribution in [0.25, 0.3) is 0 Å². The molecule has 2 N–H and O–H groups in total. The van der Waals surface area contributed by atoms with Crippen LogP contribution in [-0.2, 0) is 4.74 Å². The summed E-state index contributed by atoms with van der Waals surface area (Å²) >= 11 is 6.02. The highest BCUT2D eigenvalue weighted by molar-refractivity contribution is 6.32. The average Bonchev–Trinajstić information content (AvgIpc) is 3.01. The van der Waals surface area contributed by atoms with Crippen LogP contribution in [0, 0.1) is 0 Å². The van der Waals surface area contributed by atoms with Gasteiger partial charge in [-0.25, -0.2) is 4.79 Å². The van der Waals surface area contributed by atoms with Gasteiger partial charge in [0, 0.05) is 7.11 Å². The molecule has 0 saturated carbocycles. The van der Waals surface area contributed by atoms with Gasteiger partial charge in [-0.05, 0) is 24.3 Å². The summed E-state index contributed by atoms with van der Waals surface area (Å²) in [6.07, 6.45) is 1.54. The minimum Gasteiger partial charge on any atom is -0.493 e. The van der Waals surface area contributed by atoms with Crippen molar-refractivity contribution in [1.29, 1.82) is 0 Å². The summed E-state index contributed by atoms with van der Waals surface area (Å²) in [5.74, 6) is 1.01. The van der Waals surface area contributed by atoms with Crippen LogP contribution < -0.4 is 15.4 Å². The van der Waals surface area contributed by atoms with E-state index in [1.165, 1.54) is 13.4 Å². The first-order valence-electron chi connectivity index (χ1n) is 6.58. The third-order valence-electron chi connectivity index (χ3n) is 2.94. The molecule has 6 nitrogen and oxygen atoms in total. The molecule has 0 saturated heterocycles. The highest BCUT2D eigenvalue weighted by Gasteiger charge is 2.18. The first-order valence-corrected chi connectivity index (χ1v) is 6.96. The lowest BCUT2D eigenvalue weighted by atomic mass is 10.2. The van der Waals surface area contributed by atoms with E-state index in [9.17, 15) is 4.79 Å². The number of amides is 2. The molecule has 0 fully saturated rings. The summed E-state index contributed by atoms with van der Waals surface area (Å²) in [5, 5.41) is 5.89. The zero-order chi connectivity index (χ0) is 15.9. The molecular formula is C15H17ClN2O4. The summed E-state index contributed by atoms with van der Waals surface area (Å²) in [6.45, 7) is 0.285. The van der Waals surface area contributed by atoms with Crippen molar-refractivity contribution in [2.75, 3.05) is 26.1 Å². The van der Waals surface area contributed by atoms with E-state index in [4.69, 9.17) is 25.5 Å². The SMILES string of the molecule is COC[C@H](NC(=O)Nc1cccc(Cl)c1OC)c1ccco1. The van der Waals surface area contributed by atoms with E-state index in [-0.39, 0.29) is 6.61 Å². The average molecular weight is 325 g/mol. The number of nitrogens with one attached hydrogen (secondary N) is 2. The number of furan rings is 1. The van der Waals surface area contributed by atoms with Crippen LogP contribution in [0.4, 0.5) is 10.5 Å². The highest BCUT2D eigenvalue weighted by Crippen LogP contribution is 2.32. The second kappa shape index (κ2) is 7.72. The molecule has 2 rings (SSSR count). The Bertz CT molecular complexity index is 616. The molecule has 2 aromatic rings. The number of halogens is 1. The Morgan fingerprint density at radius 2 is 2.14 bits per heavy atom. The number of urea groups is 1. The van der Waals surface area contributed by atoms with Crippen molar-refractivity contribution in [1.82, 2.24) is 5.32 Å². The maximum absolute atomic E-state index is 12.2. The van der Waals surface area contributed by atoms with Gasteiger partial charge in [-0.3, -0.25) is 0 Å². The molecule has 7 heteroatoms. The third-order valence-corrected chi connectivity index (χ3v) is 3.24. The minimum atomic E-state index is -0.418. The molecule has 1 atom stereocenters.